The first kappa shape index (κ1) is 15.6. The van der Waals surface area contributed by atoms with Crippen LogP contribution in [-0.2, 0) is 14.3 Å². The summed E-state index contributed by atoms with van der Waals surface area (Å²) >= 11 is 0. The highest BCUT2D eigenvalue weighted by molar-refractivity contribution is 5.94. The quantitative estimate of drug-likeness (QED) is 0.512. The Kier molecular flexibility index (Phi) is 6.09. The first-order chi connectivity index (χ1) is 9.54. The zero-order valence-electron chi connectivity index (χ0n) is 10.7. The maximum Gasteiger partial charge on any atom is 0.331 e. The Bertz CT molecular complexity index is 533. The van der Waals surface area contributed by atoms with Crippen LogP contribution < -0.4 is 5.32 Å². The molecule has 1 aromatic carbocycles. The van der Waals surface area contributed by atoms with Crippen LogP contribution in [0.3, 0.4) is 0 Å². The molecule has 0 bridgehead atoms. The number of halogens is 2. The molecular weight excluding hydrogens is 268 g/mol. The number of para-hydroxylation sites is 1. The molecule has 1 aromatic rings. The van der Waals surface area contributed by atoms with E-state index in [-0.39, 0.29) is 0 Å². The molecule has 0 aliphatic carbocycles. The van der Waals surface area contributed by atoms with Crippen molar-refractivity contribution in [2.75, 3.05) is 11.9 Å². The summed E-state index contributed by atoms with van der Waals surface area (Å²) in [5.41, 5.74) is -0.571. The van der Waals surface area contributed by atoms with Gasteiger partial charge in [-0.3, -0.25) is 4.79 Å². The van der Waals surface area contributed by atoms with E-state index in [1.165, 1.54) is 12.1 Å². The van der Waals surface area contributed by atoms with Crippen LogP contribution in [0.4, 0.5) is 14.5 Å². The topological polar surface area (TPSA) is 55.4 Å². The minimum atomic E-state index is -0.905. The second kappa shape index (κ2) is 7.83. The maximum atomic E-state index is 13.2. The minimum absolute atomic E-state index is 0.571. The van der Waals surface area contributed by atoms with Gasteiger partial charge >= 0.3 is 5.97 Å². The second-order valence-corrected chi connectivity index (χ2v) is 3.64. The van der Waals surface area contributed by atoms with E-state index in [0.717, 1.165) is 18.2 Å². The third-order valence-electron chi connectivity index (χ3n) is 2.11. The summed E-state index contributed by atoms with van der Waals surface area (Å²) in [6, 6.07) is 3.18. The molecule has 4 nitrogen and oxygen atoms in total. The molecule has 0 aliphatic rings. The highest BCUT2D eigenvalue weighted by atomic mass is 19.1. The number of hydrogen-bond acceptors (Lipinski definition) is 3. The van der Waals surface area contributed by atoms with Crippen molar-refractivity contribution in [1.29, 1.82) is 0 Å². The van der Waals surface area contributed by atoms with E-state index in [1.807, 2.05) is 5.32 Å². The van der Waals surface area contributed by atoms with E-state index in [1.54, 1.807) is 19.1 Å². The van der Waals surface area contributed by atoms with Crippen molar-refractivity contribution in [3.05, 3.63) is 54.1 Å². The molecule has 0 aromatic heterocycles. The Morgan fingerprint density at radius 2 is 1.90 bits per heavy atom. The third kappa shape index (κ3) is 5.01. The number of amides is 1. The van der Waals surface area contributed by atoms with Crippen LogP contribution in [-0.4, -0.2) is 18.5 Å². The van der Waals surface area contributed by atoms with Crippen LogP contribution in [0.1, 0.15) is 6.92 Å². The van der Waals surface area contributed by atoms with Crippen molar-refractivity contribution in [2.45, 2.75) is 6.92 Å². The summed E-state index contributed by atoms with van der Waals surface area (Å²) in [5, 5.41) is 2.00. The van der Waals surface area contributed by atoms with Crippen LogP contribution in [0.15, 0.2) is 42.5 Å². The predicted octanol–water partition coefficient (Wildman–Crippen LogP) is 2.58. The van der Waals surface area contributed by atoms with Crippen molar-refractivity contribution < 1.29 is 23.1 Å². The molecule has 0 saturated carbocycles. The zero-order chi connectivity index (χ0) is 15.0. The van der Waals surface area contributed by atoms with E-state index in [9.17, 15) is 18.4 Å². The first-order valence-corrected chi connectivity index (χ1v) is 5.74. The number of anilines is 1. The minimum Gasteiger partial charge on any atom is -0.452 e. The average molecular weight is 281 g/mol. The average Bonchev–Trinajstić information content (AvgIpc) is 2.41. The smallest absolute Gasteiger partial charge is 0.331 e. The molecule has 0 fully saturated rings. The molecule has 0 saturated heterocycles. The molecule has 1 rings (SSSR count). The van der Waals surface area contributed by atoms with Gasteiger partial charge in [0.1, 0.15) is 17.3 Å². The van der Waals surface area contributed by atoms with Crippen molar-refractivity contribution in [2.24, 2.45) is 0 Å². The number of esters is 1. The number of ether oxygens (including phenoxy) is 1. The fourth-order valence-electron chi connectivity index (χ4n) is 1.22. The number of nitrogens with one attached hydrogen (secondary N) is 1. The number of hydrogen-bond donors (Lipinski definition) is 1. The van der Waals surface area contributed by atoms with Gasteiger partial charge in [-0.05, 0) is 19.1 Å². The van der Waals surface area contributed by atoms with Gasteiger partial charge in [-0.1, -0.05) is 24.3 Å². The first-order valence-electron chi connectivity index (χ1n) is 5.74. The van der Waals surface area contributed by atoms with Crippen molar-refractivity contribution in [1.82, 2.24) is 0 Å². The summed E-state index contributed by atoms with van der Waals surface area (Å²) in [6.45, 7) is 1.14. The Hall–Kier alpha value is -2.50. The van der Waals surface area contributed by atoms with E-state index in [2.05, 4.69) is 4.74 Å². The lowest BCUT2D eigenvalue weighted by Crippen LogP contribution is -2.21. The standard InChI is InChI=1S/C14H13F2NO3/c1-2-3-4-8-13(19)20-9-12(18)17-14-10(15)6-5-7-11(14)16/h2-8H,9H2,1H3,(H,17,18)/b3-2+,8-4+. The van der Waals surface area contributed by atoms with E-state index >= 15 is 0 Å². The molecular formula is C14H13F2NO3. The lowest BCUT2D eigenvalue weighted by atomic mass is 10.3. The van der Waals surface area contributed by atoms with E-state index in [0.29, 0.717) is 0 Å². The molecule has 1 N–H and O–H groups in total. The van der Waals surface area contributed by atoms with Gasteiger partial charge in [-0.25, -0.2) is 13.6 Å². The summed E-state index contributed by atoms with van der Waals surface area (Å²) < 4.78 is 31.1. The predicted molar refractivity (Wildman–Crippen MR) is 69.9 cm³/mol. The largest absolute Gasteiger partial charge is 0.452 e. The molecule has 0 spiro atoms. The van der Waals surface area contributed by atoms with E-state index in [4.69, 9.17) is 0 Å². The number of carbonyl (C=O) groups excluding carboxylic acids is 2. The monoisotopic (exact) mass is 281 g/mol. The number of allylic oxidation sites excluding steroid dienone is 3. The Morgan fingerprint density at radius 1 is 1.25 bits per heavy atom. The Balaban J connectivity index is 2.50. The molecule has 0 aliphatic heterocycles. The molecule has 20 heavy (non-hydrogen) atoms. The zero-order valence-corrected chi connectivity index (χ0v) is 10.7. The van der Waals surface area contributed by atoms with E-state index < -0.39 is 35.8 Å². The third-order valence-corrected chi connectivity index (χ3v) is 2.11. The molecule has 0 radical (unpaired) electrons. The van der Waals surface area contributed by atoms with Gasteiger partial charge in [0.05, 0.1) is 0 Å². The molecule has 6 heteroatoms. The SMILES string of the molecule is C/C=C/C=C/C(=O)OCC(=O)Nc1c(F)cccc1F. The highest BCUT2D eigenvalue weighted by Crippen LogP contribution is 2.17. The van der Waals surface area contributed by atoms with Gasteiger partial charge in [-0.2, -0.15) is 0 Å². The van der Waals surface area contributed by atoms with Crippen LogP contribution >= 0.6 is 0 Å². The highest BCUT2D eigenvalue weighted by Gasteiger charge is 2.12. The summed E-state index contributed by atoms with van der Waals surface area (Å²) in [4.78, 5) is 22.5. The normalized spacial score (nSPS) is 10.9. The Morgan fingerprint density at radius 3 is 2.50 bits per heavy atom. The van der Waals surface area contributed by atoms with Crippen molar-refractivity contribution >= 4 is 17.6 Å². The van der Waals surface area contributed by atoms with Crippen molar-refractivity contribution in [3.63, 3.8) is 0 Å². The molecule has 0 atom stereocenters. The fourth-order valence-corrected chi connectivity index (χ4v) is 1.22. The van der Waals surface area contributed by atoms with Gasteiger partial charge < -0.3 is 10.1 Å². The maximum absolute atomic E-state index is 13.2. The van der Waals surface area contributed by atoms with Gasteiger partial charge in [0.2, 0.25) is 0 Å². The Labute approximate surface area is 114 Å². The second-order valence-electron chi connectivity index (χ2n) is 3.64. The lowest BCUT2D eigenvalue weighted by Gasteiger charge is -2.07. The number of rotatable bonds is 5. The van der Waals surface area contributed by atoms with Gasteiger partial charge in [-0.15, -0.1) is 0 Å². The van der Waals surface area contributed by atoms with Crippen LogP contribution in [0.5, 0.6) is 0 Å². The van der Waals surface area contributed by atoms with Gasteiger partial charge in [0.25, 0.3) is 5.91 Å². The molecule has 1 amide bonds. The van der Waals surface area contributed by atoms with Gasteiger partial charge in [0.15, 0.2) is 6.61 Å². The van der Waals surface area contributed by atoms with Crippen LogP contribution in [0, 0.1) is 11.6 Å². The lowest BCUT2D eigenvalue weighted by molar-refractivity contribution is -0.142. The molecule has 0 unspecified atom stereocenters. The summed E-state index contributed by atoms with van der Waals surface area (Å²) in [7, 11) is 0. The summed E-state index contributed by atoms with van der Waals surface area (Å²) in [5.74, 6) is -3.37. The number of carbonyl (C=O) groups is 2. The van der Waals surface area contributed by atoms with Gasteiger partial charge in [0, 0.05) is 6.08 Å². The molecule has 106 valence electrons. The molecule has 0 heterocycles. The van der Waals surface area contributed by atoms with Crippen LogP contribution in [0.25, 0.3) is 0 Å². The fraction of sp³-hybridized carbons (Fsp3) is 0.143. The number of benzene rings is 1. The van der Waals surface area contributed by atoms with Crippen molar-refractivity contribution in [3.8, 4) is 0 Å². The van der Waals surface area contributed by atoms with Crippen LogP contribution in [0.2, 0.25) is 0 Å². The summed E-state index contributed by atoms with van der Waals surface area (Å²) in [6.07, 6.45) is 5.88.